The van der Waals surface area contributed by atoms with Gasteiger partial charge in [0.1, 0.15) is 0 Å². The van der Waals surface area contributed by atoms with Crippen molar-refractivity contribution in [3.05, 3.63) is 192 Å². The Hall–Kier alpha value is -5.77. The fourth-order valence-electron chi connectivity index (χ4n) is 8.78. The van der Waals surface area contributed by atoms with Gasteiger partial charge in [0.15, 0.2) is 0 Å². The van der Waals surface area contributed by atoms with Crippen LogP contribution in [0.25, 0.3) is 32.7 Å². The van der Waals surface area contributed by atoms with E-state index in [1.54, 1.807) is 0 Å². The Labute approximate surface area is 321 Å². The molecule has 54 heavy (non-hydrogen) atoms. The summed E-state index contributed by atoms with van der Waals surface area (Å²) in [7, 11) is -1.26. The maximum absolute atomic E-state index is 2.56. The van der Waals surface area contributed by atoms with Crippen LogP contribution in [0.15, 0.2) is 170 Å². The van der Waals surface area contributed by atoms with Gasteiger partial charge in [0.25, 0.3) is 0 Å². The minimum Gasteiger partial charge on any atom is -0.310 e. The Morgan fingerprint density at radius 3 is 1.09 bits per heavy atom. The quantitative estimate of drug-likeness (QED) is 0.162. The zero-order valence-electron chi connectivity index (χ0n) is 32.0. The molecule has 1 aliphatic rings. The summed E-state index contributed by atoms with van der Waals surface area (Å²) in [6.07, 6.45) is 7.51. The van der Waals surface area contributed by atoms with E-state index in [-0.39, 0.29) is 4.75 Å². The van der Waals surface area contributed by atoms with Gasteiger partial charge in [-0.05, 0) is 132 Å². The van der Waals surface area contributed by atoms with Crippen molar-refractivity contribution in [1.82, 2.24) is 0 Å². The fraction of sp³-hybridized carbons (Fsp3) is 0.137. The fourth-order valence-corrected chi connectivity index (χ4v) is 10.4. The summed E-state index contributed by atoms with van der Waals surface area (Å²) < 4.78 is -0.253. The van der Waals surface area contributed by atoms with Gasteiger partial charge >= 0.3 is 0 Å². The summed E-state index contributed by atoms with van der Waals surface area (Å²) in [5.74, 6) is 0. The summed E-state index contributed by atoms with van der Waals surface area (Å²) in [5.41, 5.74) is 15.2. The molecule has 0 aromatic heterocycles. The van der Waals surface area contributed by atoms with Crippen molar-refractivity contribution in [1.29, 1.82) is 0 Å². The summed E-state index contributed by atoms with van der Waals surface area (Å²) in [6.45, 7) is 6.98. The first-order valence-electron chi connectivity index (χ1n) is 18.8. The smallest absolute Gasteiger partial charge is 0.0543 e. The number of hydrogen-bond donors (Lipinski definition) is 0. The molecular weight excluding hydrogens is 673 g/mol. The standard InChI is InChI=1S/C51H46N2S/c1-35-21-13-19-31-45(35)52(37-23-9-7-10-24-37)47-33-43-49(41-29-17-15-27-39(41)47)50-42-30-18-16-28-40(42)48(34-44(50)51(43,3)54(4,5)6)53(38-25-11-8-12-26-38)46-32-20-14-22-36(46)2/h7-34H,1-6H3. The van der Waals surface area contributed by atoms with Gasteiger partial charge in [-0.2, -0.15) is 0 Å². The topological polar surface area (TPSA) is 6.48 Å². The van der Waals surface area contributed by atoms with Gasteiger partial charge in [-0.3, -0.25) is 0 Å². The Bertz CT molecular complexity index is 2510. The van der Waals surface area contributed by atoms with Crippen LogP contribution in [0.3, 0.4) is 0 Å². The molecule has 0 atom stereocenters. The first-order valence-corrected chi connectivity index (χ1v) is 21.7. The molecule has 0 fully saturated rings. The molecule has 0 bridgehead atoms. The Balaban J connectivity index is 1.41. The predicted octanol–water partition coefficient (Wildman–Crippen LogP) is 14.5. The zero-order valence-corrected chi connectivity index (χ0v) is 32.8. The van der Waals surface area contributed by atoms with Crippen LogP contribution in [0.4, 0.5) is 34.1 Å². The number of nitrogens with zero attached hydrogens (tertiary/aromatic N) is 2. The van der Waals surface area contributed by atoms with E-state index in [1.807, 2.05) is 0 Å². The second-order valence-electron chi connectivity index (χ2n) is 15.5. The van der Waals surface area contributed by atoms with Crippen molar-refractivity contribution in [2.24, 2.45) is 0 Å². The van der Waals surface area contributed by atoms with Gasteiger partial charge in [0, 0.05) is 38.3 Å². The number of para-hydroxylation sites is 4. The minimum absolute atomic E-state index is 0.253. The van der Waals surface area contributed by atoms with E-state index in [4.69, 9.17) is 0 Å². The molecule has 0 aliphatic heterocycles. The lowest BCUT2D eigenvalue weighted by molar-refractivity contribution is 0.856. The number of aryl methyl sites for hydroxylation is 2. The number of fused-ring (bicyclic) bond motifs is 7. The van der Waals surface area contributed by atoms with Crippen molar-refractivity contribution in [2.75, 3.05) is 28.6 Å². The van der Waals surface area contributed by atoms with Crippen LogP contribution in [0.2, 0.25) is 0 Å². The van der Waals surface area contributed by atoms with Crippen molar-refractivity contribution >= 4 is 65.7 Å². The lowest BCUT2D eigenvalue weighted by Gasteiger charge is -2.46. The van der Waals surface area contributed by atoms with E-state index < -0.39 is 10.0 Å². The van der Waals surface area contributed by atoms with Gasteiger partial charge in [-0.1, -0.05) is 121 Å². The molecule has 0 amide bonds. The van der Waals surface area contributed by atoms with Gasteiger partial charge in [0.2, 0.25) is 0 Å². The van der Waals surface area contributed by atoms with Crippen molar-refractivity contribution in [2.45, 2.75) is 25.5 Å². The summed E-state index contributed by atoms with van der Waals surface area (Å²) in [5, 5.41) is 5.10. The van der Waals surface area contributed by atoms with Crippen LogP contribution >= 0.6 is 10.0 Å². The van der Waals surface area contributed by atoms with Crippen LogP contribution in [0.1, 0.15) is 29.2 Å². The minimum atomic E-state index is -1.26. The number of hydrogen-bond acceptors (Lipinski definition) is 2. The molecule has 0 unspecified atom stereocenters. The van der Waals surface area contributed by atoms with E-state index in [0.29, 0.717) is 0 Å². The largest absolute Gasteiger partial charge is 0.310 e. The Morgan fingerprint density at radius 1 is 0.389 bits per heavy atom. The molecule has 2 nitrogen and oxygen atoms in total. The average Bonchev–Trinajstić information content (AvgIpc) is 3.46. The SMILES string of the molecule is Cc1ccccc1N(c1ccccc1)c1cc2c(c3ccccc13)-c1c(cc(N(c3ccccc3)c3ccccc3C)c3ccccc13)C2(C)S(C)(C)C. The highest BCUT2D eigenvalue weighted by Gasteiger charge is 2.48. The normalized spacial score (nSPS) is 13.4. The Kier molecular flexibility index (Phi) is 8.17. The molecule has 0 spiro atoms. The first-order chi connectivity index (χ1) is 26.2. The molecule has 0 heterocycles. The molecule has 8 aromatic carbocycles. The molecule has 9 rings (SSSR count). The molecule has 0 radical (unpaired) electrons. The second kappa shape index (κ2) is 13.0. The summed E-state index contributed by atoms with van der Waals surface area (Å²) in [6, 6.07) is 62.6. The van der Waals surface area contributed by atoms with E-state index in [9.17, 15) is 0 Å². The van der Waals surface area contributed by atoms with Gasteiger partial charge < -0.3 is 9.80 Å². The maximum Gasteiger partial charge on any atom is 0.0543 e. The third-order valence-corrected chi connectivity index (χ3v) is 14.7. The molecule has 3 heteroatoms. The number of anilines is 6. The lowest BCUT2D eigenvalue weighted by Crippen LogP contribution is -2.28. The van der Waals surface area contributed by atoms with E-state index in [1.165, 1.54) is 77.7 Å². The molecular formula is C51H46N2S. The molecule has 8 aromatic rings. The highest BCUT2D eigenvalue weighted by atomic mass is 32.3. The van der Waals surface area contributed by atoms with E-state index in [2.05, 4.69) is 219 Å². The molecule has 0 saturated carbocycles. The van der Waals surface area contributed by atoms with Gasteiger partial charge in [-0.15, -0.1) is 0 Å². The van der Waals surface area contributed by atoms with Crippen molar-refractivity contribution < 1.29 is 0 Å². The third kappa shape index (κ3) is 5.17. The van der Waals surface area contributed by atoms with Crippen LogP contribution < -0.4 is 9.80 Å². The first kappa shape index (κ1) is 34.0. The van der Waals surface area contributed by atoms with Gasteiger partial charge in [-0.25, -0.2) is 10.0 Å². The average molecular weight is 719 g/mol. The Morgan fingerprint density at radius 2 is 0.722 bits per heavy atom. The van der Waals surface area contributed by atoms with E-state index in [0.717, 1.165) is 11.4 Å². The highest BCUT2D eigenvalue weighted by molar-refractivity contribution is 8.33. The van der Waals surface area contributed by atoms with Crippen LogP contribution in [-0.2, 0) is 4.75 Å². The van der Waals surface area contributed by atoms with Gasteiger partial charge in [0.05, 0.1) is 11.4 Å². The molecule has 0 N–H and O–H groups in total. The van der Waals surface area contributed by atoms with Crippen molar-refractivity contribution in [3.8, 4) is 11.1 Å². The summed E-state index contributed by atoms with van der Waals surface area (Å²) in [4.78, 5) is 4.97. The molecule has 1 aliphatic carbocycles. The number of rotatable bonds is 7. The molecule has 0 saturated heterocycles. The zero-order chi connectivity index (χ0) is 37.2. The predicted molar refractivity (Wildman–Crippen MR) is 238 cm³/mol. The third-order valence-electron chi connectivity index (χ3n) is 11.8. The van der Waals surface area contributed by atoms with Crippen LogP contribution in [-0.4, -0.2) is 18.8 Å². The number of benzene rings is 8. The van der Waals surface area contributed by atoms with Crippen LogP contribution in [0, 0.1) is 13.8 Å². The molecule has 266 valence electrons. The van der Waals surface area contributed by atoms with E-state index >= 15 is 0 Å². The maximum atomic E-state index is 2.56. The monoisotopic (exact) mass is 718 g/mol. The second-order valence-corrected chi connectivity index (χ2v) is 20.0. The lowest BCUT2D eigenvalue weighted by atomic mass is 9.91. The summed E-state index contributed by atoms with van der Waals surface area (Å²) >= 11 is 0. The highest BCUT2D eigenvalue weighted by Crippen LogP contribution is 2.69. The van der Waals surface area contributed by atoms with Crippen molar-refractivity contribution in [3.63, 3.8) is 0 Å². The van der Waals surface area contributed by atoms with Crippen LogP contribution in [0.5, 0.6) is 0 Å².